The van der Waals surface area contributed by atoms with E-state index in [9.17, 15) is 0 Å². The third-order valence-corrected chi connectivity index (χ3v) is 8.37. The maximum atomic E-state index is 6.42. The average molecular weight is 490 g/mol. The van der Waals surface area contributed by atoms with Crippen LogP contribution in [0.15, 0.2) is 79.3 Å². The van der Waals surface area contributed by atoms with E-state index >= 15 is 0 Å². The predicted octanol–water partition coefficient (Wildman–Crippen LogP) is 6.96. The fraction of sp³-hybridized carbons (Fsp3) is 0.312. The Labute approximate surface area is 218 Å². The molecule has 3 aromatic carbocycles. The van der Waals surface area contributed by atoms with Crippen molar-refractivity contribution in [1.29, 1.82) is 0 Å². The molecule has 2 aromatic heterocycles. The molecular weight excluding hydrogens is 456 g/mol. The van der Waals surface area contributed by atoms with Crippen molar-refractivity contribution >= 4 is 11.0 Å². The van der Waals surface area contributed by atoms with Crippen molar-refractivity contribution in [3.8, 4) is 28.6 Å². The van der Waals surface area contributed by atoms with E-state index in [-0.39, 0.29) is 0 Å². The number of aromatic nitrogens is 4. The lowest BCUT2D eigenvalue weighted by Gasteiger charge is -2.27. The van der Waals surface area contributed by atoms with Crippen molar-refractivity contribution in [3.63, 3.8) is 0 Å². The SMILES string of the molecule is CC1CCCCC1c1cn2c(n1)-c1cc(Oc3cccc(-n4c[n+](C)c5ccccc54)c3)ccc1CC2. The molecule has 5 nitrogen and oxygen atoms in total. The lowest BCUT2D eigenvalue weighted by molar-refractivity contribution is -0.645. The zero-order chi connectivity index (χ0) is 24.9. The number of rotatable bonds is 4. The van der Waals surface area contributed by atoms with Gasteiger partial charge in [-0.05, 0) is 60.7 Å². The van der Waals surface area contributed by atoms with Crippen molar-refractivity contribution in [2.45, 2.75) is 51.5 Å². The van der Waals surface area contributed by atoms with Crippen LogP contribution in [0.25, 0.3) is 28.1 Å². The zero-order valence-electron chi connectivity index (χ0n) is 21.6. The Bertz CT molecular complexity index is 1610. The molecule has 0 saturated heterocycles. The Hall–Kier alpha value is -3.86. The van der Waals surface area contributed by atoms with E-state index in [1.54, 1.807) is 0 Å². The van der Waals surface area contributed by atoms with E-state index < -0.39 is 0 Å². The van der Waals surface area contributed by atoms with Gasteiger partial charge >= 0.3 is 0 Å². The van der Waals surface area contributed by atoms with Gasteiger partial charge in [0.25, 0.3) is 0 Å². The van der Waals surface area contributed by atoms with Gasteiger partial charge in [-0.3, -0.25) is 0 Å². The quantitative estimate of drug-likeness (QED) is 0.256. The average Bonchev–Trinajstić information content (AvgIpc) is 3.51. The van der Waals surface area contributed by atoms with E-state index in [1.165, 1.54) is 53.5 Å². The summed E-state index contributed by atoms with van der Waals surface area (Å²) < 4.78 is 13.1. The number of fused-ring (bicyclic) bond motifs is 4. The van der Waals surface area contributed by atoms with Gasteiger partial charge in [0.1, 0.15) is 23.0 Å². The van der Waals surface area contributed by atoms with Crippen LogP contribution in [0.3, 0.4) is 0 Å². The van der Waals surface area contributed by atoms with Crippen LogP contribution in [0, 0.1) is 5.92 Å². The molecule has 0 radical (unpaired) electrons. The summed E-state index contributed by atoms with van der Waals surface area (Å²) in [6, 6.07) is 23.3. The molecular formula is C32H33N4O+. The molecule has 5 heteroatoms. The van der Waals surface area contributed by atoms with Gasteiger partial charge in [-0.15, -0.1) is 0 Å². The number of benzene rings is 3. The smallest absolute Gasteiger partial charge is 0.249 e. The van der Waals surface area contributed by atoms with Crippen LogP contribution in [-0.2, 0) is 20.0 Å². The second-order valence-corrected chi connectivity index (χ2v) is 10.8. The van der Waals surface area contributed by atoms with Crippen LogP contribution >= 0.6 is 0 Å². The Balaban J connectivity index is 1.20. The summed E-state index contributed by atoms with van der Waals surface area (Å²) in [4.78, 5) is 5.20. The summed E-state index contributed by atoms with van der Waals surface area (Å²) in [7, 11) is 2.08. The first-order valence-corrected chi connectivity index (χ1v) is 13.6. The molecule has 0 N–H and O–H groups in total. The van der Waals surface area contributed by atoms with Crippen molar-refractivity contribution < 1.29 is 9.30 Å². The number of aryl methyl sites for hydroxylation is 3. The highest BCUT2D eigenvalue weighted by atomic mass is 16.5. The minimum atomic E-state index is 0.587. The van der Waals surface area contributed by atoms with Crippen LogP contribution in [0.1, 0.15) is 49.8 Å². The molecule has 0 spiro atoms. The highest BCUT2D eigenvalue weighted by Gasteiger charge is 2.28. The van der Waals surface area contributed by atoms with E-state index in [4.69, 9.17) is 9.72 Å². The Morgan fingerprint density at radius 3 is 2.73 bits per heavy atom. The Morgan fingerprint density at radius 2 is 1.81 bits per heavy atom. The first-order valence-electron chi connectivity index (χ1n) is 13.6. The summed E-state index contributed by atoms with van der Waals surface area (Å²) in [5, 5.41) is 0. The standard InChI is InChI=1S/C32H33N4O/c1-22-8-3-4-11-27(22)29-20-35-17-16-23-14-15-26(19-28(23)32(35)33-29)37-25-10-7-9-24(18-25)36-21-34(2)30-12-5-6-13-31(30)36/h5-7,9-10,12-15,18-22,27H,3-4,8,11,16-17H2,1-2H3/q+1. The number of hydrogen-bond donors (Lipinski definition) is 0. The second-order valence-electron chi connectivity index (χ2n) is 10.8. The minimum Gasteiger partial charge on any atom is -0.457 e. The third kappa shape index (κ3) is 3.93. The van der Waals surface area contributed by atoms with Crippen LogP contribution in [0.2, 0.25) is 0 Å². The third-order valence-electron chi connectivity index (χ3n) is 8.37. The Morgan fingerprint density at radius 1 is 0.946 bits per heavy atom. The summed E-state index contributed by atoms with van der Waals surface area (Å²) in [6.45, 7) is 3.40. The van der Waals surface area contributed by atoms with Crippen LogP contribution in [0.4, 0.5) is 0 Å². The van der Waals surface area contributed by atoms with E-state index in [2.05, 4.69) is 101 Å². The number of imidazole rings is 2. The van der Waals surface area contributed by atoms with Crippen LogP contribution in [0.5, 0.6) is 11.5 Å². The summed E-state index contributed by atoms with van der Waals surface area (Å²) >= 11 is 0. The van der Waals surface area contributed by atoms with E-state index in [0.717, 1.165) is 36.0 Å². The van der Waals surface area contributed by atoms with E-state index in [0.29, 0.717) is 11.8 Å². The van der Waals surface area contributed by atoms with Crippen molar-refractivity contribution in [3.05, 3.63) is 90.5 Å². The maximum absolute atomic E-state index is 6.42. The van der Waals surface area contributed by atoms with Crippen molar-refractivity contribution in [2.24, 2.45) is 13.0 Å². The molecule has 1 aliphatic carbocycles. The summed E-state index contributed by atoms with van der Waals surface area (Å²) in [6.07, 6.45) is 10.7. The molecule has 37 heavy (non-hydrogen) atoms. The van der Waals surface area contributed by atoms with Gasteiger partial charge in [-0.25, -0.2) is 9.55 Å². The minimum absolute atomic E-state index is 0.587. The van der Waals surface area contributed by atoms with Gasteiger partial charge in [0, 0.05) is 30.3 Å². The zero-order valence-corrected chi connectivity index (χ0v) is 21.6. The summed E-state index contributed by atoms with van der Waals surface area (Å²) in [5.74, 6) is 4.08. The fourth-order valence-corrected chi connectivity index (χ4v) is 6.34. The molecule has 0 amide bonds. The number of hydrogen-bond acceptors (Lipinski definition) is 2. The highest BCUT2D eigenvalue weighted by Crippen LogP contribution is 2.40. The number of nitrogens with zero attached hydrogens (tertiary/aromatic N) is 4. The molecule has 186 valence electrons. The molecule has 0 bridgehead atoms. The maximum Gasteiger partial charge on any atom is 0.249 e. The lowest BCUT2D eigenvalue weighted by atomic mass is 9.79. The van der Waals surface area contributed by atoms with Crippen LogP contribution in [-0.4, -0.2) is 14.1 Å². The van der Waals surface area contributed by atoms with Gasteiger partial charge in [0.2, 0.25) is 6.33 Å². The topological polar surface area (TPSA) is 35.9 Å². The first-order chi connectivity index (χ1) is 18.1. The van der Waals surface area contributed by atoms with Crippen molar-refractivity contribution in [1.82, 2.24) is 14.1 Å². The number of ether oxygens (including phenoxy) is 1. The van der Waals surface area contributed by atoms with Crippen LogP contribution < -0.4 is 9.30 Å². The van der Waals surface area contributed by atoms with Gasteiger partial charge < -0.3 is 9.30 Å². The molecule has 3 heterocycles. The van der Waals surface area contributed by atoms with Gasteiger partial charge in [-0.1, -0.05) is 50.5 Å². The molecule has 2 atom stereocenters. The molecule has 1 saturated carbocycles. The fourth-order valence-electron chi connectivity index (χ4n) is 6.34. The second kappa shape index (κ2) is 8.91. The largest absolute Gasteiger partial charge is 0.457 e. The molecule has 1 aliphatic heterocycles. The monoisotopic (exact) mass is 489 g/mol. The molecule has 1 fully saturated rings. The highest BCUT2D eigenvalue weighted by molar-refractivity contribution is 5.74. The predicted molar refractivity (Wildman–Crippen MR) is 146 cm³/mol. The van der Waals surface area contributed by atoms with Gasteiger partial charge in [0.15, 0.2) is 11.0 Å². The lowest BCUT2D eigenvalue weighted by Crippen LogP contribution is -2.25. The van der Waals surface area contributed by atoms with Gasteiger partial charge in [0.05, 0.1) is 12.7 Å². The van der Waals surface area contributed by atoms with Gasteiger partial charge in [-0.2, -0.15) is 4.57 Å². The number of para-hydroxylation sites is 2. The normalized spacial score (nSPS) is 19.0. The Kier molecular flexibility index (Phi) is 5.38. The summed E-state index contributed by atoms with van der Waals surface area (Å²) in [5.41, 5.74) is 7.29. The van der Waals surface area contributed by atoms with Crippen molar-refractivity contribution in [2.75, 3.05) is 0 Å². The molecule has 2 aliphatic rings. The first kappa shape index (κ1) is 22.3. The molecule has 2 unspecified atom stereocenters. The molecule has 5 aromatic rings. The van der Waals surface area contributed by atoms with E-state index in [1.807, 2.05) is 6.07 Å². The molecule has 7 rings (SSSR count).